The minimum atomic E-state index is -0.467. The van der Waals surface area contributed by atoms with E-state index >= 15 is 0 Å². The molecule has 0 aliphatic rings. The molecule has 35 heavy (non-hydrogen) atoms. The lowest BCUT2D eigenvalue weighted by atomic mass is 9.87. The Kier molecular flexibility index (Phi) is 7.33. The minimum Gasteiger partial charge on any atom is -0.494 e. The van der Waals surface area contributed by atoms with Crippen molar-refractivity contribution in [2.45, 2.75) is 39.2 Å². The van der Waals surface area contributed by atoms with E-state index in [-0.39, 0.29) is 11.0 Å². The summed E-state index contributed by atoms with van der Waals surface area (Å²) in [7, 11) is 0. The van der Waals surface area contributed by atoms with Gasteiger partial charge in [-0.15, -0.1) is 11.3 Å². The molecule has 0 atom stereocenters. The molecule has 7 heteroatoms. The van der Waals surface area contributed by atoms with Gasteiger partial charge >= 0.3 is 0 Å². The van der Waals surface area contributed by atoms with E-state index < -0.39 is 5.91 Å². The number of thiazole rings is 1. The van der Waals surface area contributed by atoms with Crippen LogP contribution in [0.15, 0.2) is 71.9 Å². The topological polar surface area (TPSA) is 79.9 Å². The Morgan fingerprint density at radius 3 is 2.66 bits per heavy atom. The van der Waals surface area contributed by atoms with Crippen LogP contribution in [0.1, 0.15) is 38.3 Å². The number of rotatable bonds is 8. The molecule has 0 bridgehead atoms. The molecule has 0 radical (unpaired) electrons. The second-order valence-electron chi connectivity index (χ2n) is 9.23. The van der Waals surface area contributed by atoms with Crippen LogP contribution >= 0.6 is 11.3 Å². The van der Waals surface area contributed by atoms with Crippen molar-refractivity contribution in [2.75, 3.05) is 11.9 Å². The summed E-state index contributed by atoms with van der Waals surface area (Å²) in [5.74, 6) is 0.397. The summed E-state index contributed by atoms with van der Waals surface area (Å²) >= 11 is 1.31. The van der Waals surface area contributed by atoms with Crippen LogP contribution in [0.4, 0.5) is 5.13 Å². The molecule has 2 aromatic carbocycles. The molecule has 6 nitrogen and oxygen atoms in total. The first-order valence-corrected chi connectivity index (χ1v) is 12.4. The van der Waals surface area contributed by atoms with Crippen LogP contribution in [0.25, 0.3) is 17.0 Å². The zero-order valence-corrected chi connectivity index (χ0v) is 20.9. The third-order valence-electron chi connectivity index (χ3n) is 5.67. The van der Waals surface area contributed by atoms with E-state index in [1.165, 1.54) is 16.9 Å². The number of carbonyl (C=O) groups is 1. The molecule has 1 N–H and O–H groups in total. The Morgan fingerprint density at radius 2 is 1.97 bits per heavy atom. The van der Waals surface area contributed by atoms with E-state index in [4.69, 9.17) is 4.74 Å². The maximum atomic E-state index is 12.6. The normalized spacial score (nSPS) is 11.9. The van der Waals surface area contributed by atoms with Gasteiger partial charge in [0.2, 0.25) is 0 Å². The van der Waals surface area contributed by atoms with Gasteiger partial charge in [0.05, 0.1) is 6.61 Å². The van der Waals surface area contributed by atoms with Crippen molar-refractivity contribution in [2.24, 2.45) is 0 Å². The maximum Gasteiger partial charge on any atom is 0.268 e. The standard InChI is InChI=1S/C28H28N4O2S/c1-28(2,3)22-9-11-23(12-10-22)34-15-6-14-32-19-21(24-7-4-5-8-25(24)32)17-20(18-29)26(33)31-27-30-13-16-35-27/h4-5,7-13,16-17,19H,6,14-15H2,1-3H3,(H,30,31,33)/b20-17-. The molecule has 2 heterocycles. The molecule has 0 saturated carbocycles. The SMILES string of the molecule is CC(C)(C)c1ccc(OCCCn2cc(/C=C(/C#N)C(=O)Nc3nccs3)c3ccccc32)cc1. The predicted molar refractivity (Wildman–Crippen MR) is 142 cm³/mol. The van der Waals surface area contributed by atoms with Gasteiger partial charge in [-0.3, -0.25) is 10.1 Å². The van der Waals surface area contributed by atoms with Crippen molar-refractivity contribution in [3.8, 4) is 11.8 Å². The van der Waals surface area contributed by atoms with Crippen LogP contribution in [0.2, 0.25) is 0 Å². The second-order valence-corrected chi connectivity index (χ2v) is 10.1. The lowest BCUT2D eigenvalue weighted by molar-refractivity contribution is -0.112. The van der Waals surface area contributed by atoms with Crippen LogP contribution in [0.3, 0.4) is 0 Å². The fourth-order valence-electron chi connectivity index (χ4n) is 3.80. The Bertz CT molecular complexity index is 1370. The highest BCUT2D eigenvalue weighted by Crippen LogP contribution is 2.26. The first-order valence-electron chi connectivity index (χ1n) is 11.5. The van der Waals surface area contributed by atoms with Crippen LogP contribution < -0.4 is 10.1 Å². The van der Waals surface area contributed by atoms with Crippen molar-refractivity contribution in [3.05, 3.63) is 83.0 Å². The van der Waals surface area contributed by atoms with Crippen molar-refractivity contribution in [1.82, 2.24) is 9.55 Å². The molecule has 0 aliphatic heterocycles. The number of benzene rings is 2. The maximum absolute atomic E-state index is 12.6. The van der Waals surface area contributed by atoms with E-state index in [0.29, 0.717) is 11.7 Å². The number of nitrogens with zero attached hydrogens (tertiary/aromatic N) is 3. The summed E-state index contributed by atoms with van der Waals surface area (Å²) in [5, 5.41) is 15.5. The number of anilines is 1. The van der Waals surface area contributed by atoms with Gasteiger partial charge in [-0.05, 0) is 41.7 Å². The smallest absolute Gasteiger partial charge is 0.268 e. The average molecular weight is 485 g/mol. The summed E-state index contributed by atoms with van der Waals surface area (Å²) in [6.07, 6.45) is 6.04. The fraction of sp³-hybridized carbons (Fsp3) is 0.250. The van der Waals surface area contributed by atoms with E-state index in [9.17, 15) is 10.1 Å². The van der Waals surface area contributed by atoms with Gasteiger partial charge < -0.3 is 9.30 Å². The second kappa shape index (κ2) is 10.6. The third-order valence-corrected chi connectivity index (χ3v) is 6.36. The minimum absolute atomic E-state index is 0.0325. The van der Waals surface area contributed by atoms with Gasteiger partial charge in [0, 0.05) is 40.8 Å². The number of nitrogens with one attached hydrogen (secondary N) is 1. The summed E-state index contributed by atoms with van der Waals surface area (Å²) in [5.41, 5.74) is 3.30. The zero-order chi connectivity index (χ0) is 24.8. The highest BCUT2D eigenvalue weighted by atomic mass is 32.1. The molecule has 4 aromatic rings. The number of para-hydroxylation sites is 1. The number of hydrogen-bond acceptors (Lipinski definition) is 5. The van der Waals surface area contributed by atoms with Gasteiger partial charge in [0.25, 0.3) is 5.91 Å². The van der Waals surface area contributed by atoms with E-state index in [0.717, 1.165) is 35.2 Å². The first-order chi connectivity index (χ1) is 16.8. The number of aryl methyl sites for hydroxylation is 1. The Hall–Kier alpha value is -3.89. The first kappa shape index (κ1) is 24.2. The number of carbonyl (C=O) groups excluding carboxylic acids is 1. The quantitative estimate of drug-likeness (QED) is 0.178. The van der Waals surface area contributed by atoms with Gasteiger partial charge in [0.15, 0.2) is 5.13 Å². The van der Waals surface area contributed by atoms with Crippen molar-refractivity contribution >= 4 is 39.4 Å². The summed E-state index contributed by atoms with van der Waals surface area (Å²) in [6.45, 7) is 7.93. The number of ether oxygens (including phenoxy) is 1. The molecule has 0 unspecified atom stereocenters. The molecule has 0 spiro atoms. The van der Waals surface area contributed by atoms with E-state index in [2.05, 4.69) is 47.8 Å². The highest BCUT2D eigenvalue weighted by molar-refractivity contribution is 7.13. The predicted octanol–water partition coefficient (Wildman–Crippen LogP) is 6.41. The number of fused-ring (bicyclic) bond motifs is 1. The summed E-state index contributed by atoms with van der Waals surface area (Å²) in [6, 6.07) is 18.3. The average Bonchev–Trinajstić information content (AvgIpc) is 3.48. The number of nitriles is 1. The molecule has 0 saturated heterocycles. The van der Waals surface area contributed by atoms with Gasteiger partial charge in [0.1, 0.15) is 17.4 Å². The number of amides is 1. The molecule has 4 rings (SSSR count). The summed E-state index contributed by atoms with van der Waals surface area (Å²) in [4.78, 5) is 16.6. The van der Waals surface area contributed by atoms with Gasteiger partial charge in [-0.2, -0.15) is 5.26 Å². The number of hydrogen-bond donors (Lipinski definition) is 1. The van der Waals surface area contributed by atoms with E-state index in [1.807, 2.05) is 48.7 Å². The van der Waals surface area contributed by atoms with Gasteiger partial charge in [-0.25, -0.2) is 4.98 Å². The molecule has 1 amide bonds. The molecular formula is C28H28N4O2S. The van der Waals surface area contributed by atoms with Crippen LogP contribution in [-0.2, 0) is 16.8 Å². The van der Waals surface area contributed by atoms with Crippen molar-refractivity contribution < 1.29 is 9.53 Å². The Labute approximate surface area is 209 Å². The monoisotopic (exact) mass is 484 g/mol. The molecule has 178 valence electrons. The van der Waals surface area contributed by atoms with Gasteiger partial charge in [-0.1, -0.05) is 51.1 Å². The van der Waals surface area contributed by atoms with E-state index in [1.54, 1.807) is 17.7 Å². The highest BCUT2D eigenvalue weighted by Gasteiger charge is 2.14. The van der Waals surface area contributed by atoms with Crippen LogP contribution in [0, 0.1) is 11.3 Å². The Morgan fingerprint density at radius 1 is 1.20 bits per heavy atom. The largest absolute Gasteiger partial charge is 0.494 e. The molecule has 0 aliphatic carbocycles. The summed E-state index contributed by atoms with van der Waals surface area (Å²) < 4.78 is 8.09. The lowest BCUT2D eigenvalue weighted by Crippen LogP contribution is -2.13. The molecule has 0 fully saturated rings. The van der Waals surface area contributed by atoms with Crippen molar-refractivity contribution in [1.29, 1.82) is 5.26 Å². The van der Waals surface area contributed by atoms with Crippen LogP contribution in [0.5, 0.6) is 5.75 Å². The molecule has 2 aromatic heterocycles. The zero-order valence-electron chi connectivity index (χ0n) is 20.1. The van der Waals surface area contributed by atoms with Crippen LogP contribution in [-0.4, -0.2) is 22.1 Å². The Balaban J connectivity index is 1.44. The third kappa shape index (κ3) is 5.97. The molecular weight excluding hydrogens is 456 g/mol. The fourth-order valence-corrected chi connectivity index (χ4v) is 4.33. The van der Waals surface area contributed by atoms with Crippen molar-refractivity contribution in [3.63, 3.8) is 0 Å². The number of aromatic nitrogens is 2. The lowest BCUT2D eigenvalue weighted by Gasteiger charge is -2.19.